The molecule has 1 fully saturated rings. The molecule has 6 heteroatoms. The van der Waals surface area contributed by atoms with E-state index < -0.39 is 17.9 Å². The molecule has 2 aliphatic rings. The Labute approximate surface area is 168 Å². The van der Waals surface area contributed by atoms with E-state index in [0.29, 0.717) is 17.7 Å². The first-order chi connectivity index (χ1) is 13.8. The quantitative estimate of drug-likeness (QED) is 0.765. The zero-order chi connectivity index (χ0) is 20.8. The van der Waals surface area contributed by atoms with Gasteiger partial charge in [0.2, 0.25) is 5.91 Å². The number of imide groups is 1. The Balaban J connectivity index is 1.51. The third-order valence-electron chi connectivity index (χ3n) is 5.91. The maximum Gasteiger partial charge on any atom is 0.262 e. The van der Waals surface area contributed by atoms with Crippen molar-refractivity contribution in [2.45, 2.75) is 38.1 Å². The van der Waals surface area contributed by atoms with Gasteiger partial charge in [0.1, 0.15) is 11.9 Å². The number of nitrogens with zero attached hydrogens (tertiary/aromatic N) is 1. The summed E-state index contributed by atoms with van der Waals surface area (Å²) in [6.07, 6.45) is 1.80. The van der Waals surface area contributed by atoms with Gasteiger partial charge in [-0.05, 0) is 48.6 Å². The molecule has 0 radical (unpaired) electrons. The normalized spacial score (nSPS) is 18.0. The summed E-state index contributed by atoms with van der Waals surface area (Å²) in [5.41, 5.74) is 1.45. The number of hydrogen-bond donors (Lipinski definition) is 1. The molecule has 5 nitrogen and oxygen atoms in total. The molecule has 4 rings (SSSR count). The van der Waals surface area contributed by atoms with E-state index in [1.807, 2.05) is 13.8 Å². The molecule has 1 heterocycles. The van der Waals surface area contributed by atoms with Crippen LogP contribution in [0.5, 0.6) is 0 Å². The van der Waals surface area contributed by atoms with Gasteiger partial charge >= 0.3 is 0 Å². The van der Waals surface area contributed by atoms with Crippen LogP contribution in [0.25, 0.3) is 0 Å². The predicted octanol–water partition coefficient (Wildman–Crippen LogP) is 3.29. The summed E-state index contributed by atoms with van der Waals surface area (Å²) < 4.78 is 13.2. The van der Waals surface area contributed by atoms with Crippen LogP contribution in [0.4, 0.5) is 4.39 Å². The van der Waals surface area contributed by atoms with Crippen LogP contribution in [0.2, 0.25) is 0 Å². The molecule has 1 atom stereocenters. The fraction of sp³-hybridized carbons (Fsp3) is 0.348. The van der Waals surface area contributed by atoms with E-state index in [0.717, 1.165) is 23.3 Å². The number of hydrogen-bond acceptors (Lipinski definition) is 3. The van der Waals surface area contributed by atoms with E-state index in [1.165, 1.54) is 12.1 Å². The second-order valence-electron chi connectivity index (χ2n) is 8.22. The molecule has 29 heavy (non-hydrogen) atoms. The third-order valence-corrected chi connectivity index (χ3v) is 5.91. The van der Waals surface area contributed by atoms with E-state index in [1.54, 1.807) is 36.4 Å². The predicted molar refractivity (Wildman–Crippen MR) is 106 cm³/mol. The average molecular weight is 394 g/mol. The number of carbonyl (C=O) groups excluding carboxylic acids is 3. The van der Waals surface area contributed by atoms with Gasteiger partial charge in [0, 0.05) is 12.0 Å². The van der Waals surface area contributed by atoms with Crippen LogP contribution in [0.1, 0.15) is 53.0 Å². The second-order valence-corrected chi connectivity index (χ2v) is 8.22. The van der Waals surface area contributed by atoms with E-state index >= 15 is 0 Å². The number of nitrogens with one attached hydrogen (secondary N) is 1. The Hall–Kier alpha value is -3.02. The summed E-state index contributed by atoms with van der Waals surface area (Å²) in [6.45, 7) is 4.03. The Morgan fingerprint density at radius 3 is 2.07 bits per heavy atom. The van der Waals surface area contributed by atoms with Crippen molar-refractivity contribution in [2.24, 2.45) is 5.92 Å². The van der Waals surface area contributed by atoms with E-state index in [9.17, 15) is 18.8 Å². The molecule has 2 aromatic rings. The minimum absolute atomic E-state index is 0.202. The van der Waals surface area contributed by atoms with Gasteiger partial charge in [0.25, 0.3) is 11.8 Å². The number of benzene rings is 2. The molecular formula is C23H23FN2O3. The van der Waals surface area contributed by atoms with Crippen molar-refractivity contribution in [1.29, 1.82) is 0 Å². The Bertz CT molecular complexity index is 945. The highest BCUT2D eigenvalue weighted by atomic mass is 19.1. The van der Waals surface area contributed by atoms with Crippen molar-refractivity contribution in [3.8, 4) is 0 Å². The molecule has 1 unspecified atom stereocenters. The summed E-state index contributed by atoms with van der Waals surface area (Å²) in [5.74, 6) is -1.74. The Kier molecular flexibility index (Phi) is 4.73. The third kappa shape index (κ3) is 3.33. The summed E-state index contributed by atoms with van der Waals surface area (Å²) in [5, 5.41) is 2.95. The maximum absolute atomic E-state index is 13.2. The number of amides is 3. The zero-order valence-electron chi connectivity index (χ0n) is 16.4. The topological polar surface area (TPSA) is 66.5 Å². The van der Waals surface area contributed by atoms with Crippen molar-refractivity contribution in [1.82, 2.24) is 10.2 Å². The Morgan fingerprint density at radius 1 is 1.03 bits per heavy atom. The van der Waals surface area contributed by atoms with Gasteiger partial charge in [-0.1, -0.05) is 38.1 Å². The highest BCUT2D eigenvalue weighted by molar-refractivity contribution is 6.22. The number of rotatable bonds is 6. The van der Waals surface area contributed by atoms with Gasteiger partial charge in [0.15, 0.2) is 0 Å². The molecule has 0 saturated heterocycles. The smallest absolute Gasteiger partial charge is 0.262 e. The minimum Gasteiger partial charge on any atom is -0.353 e. The summed E-state index contributed by atoms with van der Waals surface area (Å²) >= 11 is 0. The standard InChI is InChI=1S/C23H23FN2O3/c1-14(2)19(26-21(28)17-5-3-4-6-18(17)22(26)29)20(27)25-13-23(11-12-23)15-7-9-16(24)10-8-15/h3-10,14,19H,11-13H2,1-2H3,(H,25,27). The molecule has 0 spiro atoms. The van der Waals surface area contributed by atoms with Crippen LogP contribution in [-0.2, 0) is 10.2 Å². The van der Waals surface area contributed by atoms with E-state index in [-0.39, 0.29) is 23.1 Å². The monoisotopic (exact) mass is 394 g/mol. The minimum atomic E-state index is -0.883. The Morgan fingerprint density at radius 2 is 1.59 bits per heavy atom. The lowest BCUT2D eigenvalue weighted by atomic mass is 9.95. The van der Waals surface area contributed by atoms with Gasteiger partial charge in [-0.2, -0.15) is 0 Å². The van der Waals surface area contributed by atoms with Crippen molar-refractivity contribution in [2.75, 3.05) is 6.54 Å². The first-order valence-corrected chi connectivity index (χ1v) is 9.85. The molecule has 1 aliphatic carbocycles. The SMILES string of the molecule is CC(C)C(C(=O)NCC1(c2ccc(F)cc2)CC1)N1C(=O)c2ccccc2C1=O. The summed E-state index contributed by atoms with van der Waals surface area (Å²) in [4.78, 5) is 39.8. The zero-order valence-corrected chi connectivity index (χ0v) is 16.4. The lowest BCUT2D eigenvalue weighted by Crippen LogP contribution is -2.53. The van der Waals surface area contributed by atoms with Gasteiger partial charge in [-0.15, -0.1) is 0 Å². The fourth-order valence-corrected chi connectivity index (χ4v) is 4.06. The first-order valence-electron chi connectivity index (χ1n) is 9.85. The van der Waals surface area contributed by atoms with Crippen molar-refractivity contribution < 1.29 is 18.8 Å². The molecule has 0 aromatic heterocycles. The van der Waals surface area contributed by atoms with Crippen LogP contribution in [0.3, 0.4) is 0 Å². The van der Waals surface area contributed by atoms with Crippen LogP contribution in [0.15, 0.2) is 48.5 Å². The molecule has 150 valence electrons. The van der Waals surface area contributed by atoms with Crippen LogP contribution in [0, 0.1) is 11.7 Å². The lowest BCUT2D eigenvalue weighted by molar-refractivity contribution is -0.126. The molecule has 1 N–H and O–H groups in total. The molecule has 1 aliphatic heterocycles. The van der Waals surface area contributed by atoms with Crippen molar-refractivity contribution in [3.63, 3.8) is 0 Å². The highest BCUT2D eigenvalue weighted by Crippen LogP contribution is 2.47. The summed E-state index contributed by atoms with van der Waals surface area (Å²) in [7, 11) is 0. The van der Waals surface area contributed by atoms with Crippen LogP contribution in [-0.4, -0.2) is 35.2 Å². The number of halogens is 1. The highest BCUT2D eigenvalue weighted by Gasteiger charge is 2.47. The molecule has 0 bridgehead atoms. The van der Waals surface area contributed by atoms with Gasteiger partial charge in [0.05, 0.1) is 11.1 Å². The van der Waals surface area contributed by atoms with E-state index in [2.05, 4.69) is 5.32 Å². The molecule has 1 saturated carbocycles. The van der Waals surface area contributed by atoms with Crippen LogP contribution >= 0.6 is 0 Å². The number of carbonyl (C=O) groups is 3. The molecule has 2 aromatic carbocycles. The van der Waals surface area contributed by atoms with E-state index in [4.69, 9.17) is 0 Å². The molecule has 3 amide bonds. The lowest BCUT2D eigenvalue weighted by Gasteiger charge is -2.29. The van der Waals surface area contributed by atoms with Crippen molar-refractivity contribution >= 4 is 17.7 Å². The second kappa shape index (κ2) is 7.10. The van der Waals surface area contributed by atoms with Gasteiger partial charge in [-0.3, -0.25) is 19.3 Å². The maximum atomic E-state index is 13.2. The average Bonchev–Trinajstić information content (AvgIpc) is 3.46. The van der Waals surface area contributed by atoms with Crippen molar-refractivity contribution in [3.05, 3.63) is 71.0 Å². The largest absolute Gasteiger partial charge is 0.353 e. The summed E-state index contributed by atoms with van der Waals surface area (Å²) in [6, 6.07) is 12.1. The molecular weight excluding hydrogens is 371 g/mol. The fourth-order valence-electron chi connectivity index (χ4n) is 4.06. The van der Waals surface area contributed by atoms with Gasteiger partial charge < -0.3 is 5.32 Å². The van der Waals surface area contributed by atoms with Gasteiger partial charge in [-0.25, -0.2) is 4.39 Å². The number of fused-ring (bicyclic) bond motifs is 1. The first kappa shape index (κ1) is 19.3. The van der Waals surface area contributed by atoms with Crippen LogP contribution < -0.4 is 5.32 Å².